The van der Waals surface area contributed by atoms with Crippen LogP contribution in [0.1, 0.15) is 79.6 Å². The highest BCUT2D eigenvalue weighted by atomic mass is 16.5. The molecule has 3 nitrogen and oxygen atoms in total. The van der Waals surface area contributed by atoms with E-state index in [2.05, 4.69) is 27.7 Å². The number of carbonyl (C=O) groups excluding carboxylic acids is 2. The maximum absolute atomic E-state index is 13.4. The summed E-state index contributed by atoms with van der Waals surface area (Å²) >= 11 is 0. The Balaban J connectivity index is 1.82. The highest BCUT2D eigenvalue weighted by Crippen LogP contribution is 2.71. The Bertz CT molecular complexity index is 608. The predicted octanol–water partition coefficient (Wildman–Crippen LogP) is 4.78. The van der Waals surface area contributed by atoms with Gasteiger partial charge in [0.2, 0.25) is 0 Å². The van der Waals surface area contributed by atoms with Crippen molar-refractivity contribution in [2.45, 2.75) is 85.7 Å². The third-order valence-corrected chi connectivity index (χ3v) is 8.92. The van der Waals surface area contributed by atoms with Crippen LogP contribution in [0.2, 0.25) is 0 Å². The maximum Gasteiger partial charge on any atom is 0.302 e. The molecule has 0 radical (unpaired) electrons. The molecule has 2 bridgehead atoms. The topological polar surface area (TPSA) is 43.4 Å². The minimum atomic E-state index is -0.221. The zero-order valence-electron chi connectivity index (χ0n) is 16.6. The van der Waals surface area contributed by atoms with Crippen LogP contribution >= 0.6 is 0 Å². The van der Waals surface area contributed by atoms with Crippen LogP contribution in [0.25, 0.3) is 0 Å². The molecule has 4 aliphatic carbocycles. The first kappa shape index (κ1) is 17.5. The van der Waals surface area contributed by atoms with Gasteiger partial charge in [-0.25, -0.2) is 0 Å². The Morgan fingerprint density at radius 3 is 2.56 bits per heavy atom. The van der Waals surface area contributed by atoms with Gasteiger partial charge in [0.15, 0.2) is 0 Å². The lowest BCUT2D eigenvalue weighted by atomic mass is 9.40. The molecule has 7 atom stereocenters. The van der Waals surface area contributed by atoms with Crippen molar-refractivity contribution >= 4 is 11.8 Å². The fourth-order valence-electron chi connectivity index (χ4n) is 8.20. The molecule has 3 heteroatoms. The van der Waals surface area contributed by atoms with Crippen molar-refractivity contribution in [3.63, 3.8) is 0 Å². The van der Waals surface area contributed by atoms with Crippen LogP contribution in [0.4, 0.5) is 0 Å². The third kappa shape index (κ3) is 2.23. The number of hydrogen-bond donors (Lipinski definition) is 0. The van der Waals surface area contributed by atoms with Gasteiger partial charge in [-0.3, -0.25) is 9.59 Å². The van der Waals surface area contributed by atoms with E-state index in [1.807, 2.05) is 0 Å². The van der Waals surface area contributed by atoms with E-state index >= 15 is 0 Å². The fraction of sp³-hybridized carbons (Fsp3) is 0.909. The summed E-state index contributed by atoms with van der Waals surface area (Å²) in [6.07, 6.45) is 7.73. The minimum absolute atomic E-state index is 0.0631. The number of fused-ring (bicyclic) bond motifs is 3. The number of esters is 1. The van der Waals surface area contributed by atoms with Gasteiger partial charge in [-0.15, -0.1) is 0 Å². The van der Waals surface area contributed by atoms with E-state index in [4.69, 9.17) is 4.74 Å². The maximum atomic E-state index is 13.4. The summed E-state index contributed by atoms with van der Waals surface area (Å²) in [7, 11) is 0. The number of ether oxygens (including phenoxy) is 1. The summed E-state index contributed by atoms with van der Waals surface area (Å²) in [4.78, 5) is 25.3. The quantitative estimate of drug-likeness (QED) is 0.642. The number of ketones is 1. The molecule has 0 aromatic heterocycles. The summed E-state index contributed by atoms with van der Waals surface area (Å²) in [5, 5.41) is 0. The van der Waals surface area contributed by atoms with Gasteiger partial charge < -0.3 is 4.74 Å². The first-order chi connectivity index (χ1) is 11.6. The predicted molar refractivity (Wildman–Crippen MR) is 96.8 cm³/mol. The van der Waals surface area contributed by atoms with E-state index in [0.717, 1.165) is 25.7 Å². The first-order valence-electron chi connectivity index (χ1n) is 10.3. The van der Waals surface area contributed by atoms with E-state index in [0.29, 0.717) is 23.0 Å². The molecule has 4 saturated carbocycles. The highest BCUT2D eigenvalue weighted by Gasteiger charge is 2.70. The van der Waals surface area contributed by atoms with Crippen molar-refractivity contribution < 1.29 is 14.3 Å². The molecule has 0 amide bonds. The van der Waals surface area contributed by atoms with Crippen LogP contribution in [0.3, 0.4) is 0 Å². The van der Waals surface area contributed by atoms with Crippen molar-refractivity contribution in [3.05, 3.63) is 0 Å². The molecule has 0 saturated heterocycles. The molecule has 4 fully saturated rings. The van der Waals surface area contributed by atoms with Gasteiger partial charge in [-0.05, 0) is 61.2 Å². The molecule has 0 aromatic carbocycles. The zero-order chi connectivity index (χ0) is 18.2. The number of hydrogen-bond acceptors (Lipinski definition) is 3. The van der Waals surface area contributed by atoms with Gasteiger partial charge >= 0.3 is 5.97 Å². The summed E-state index contributed by atoms with van der Waals surface area (Å²) in [6, 6.07) is 0. The Labute approximate surface area is 152 Å². The highest BCUT2D eigenvalue weighted by molar-refractivity contribution is 5.90. The van der Waals surface area contributed by atoms with Crippen molar-refractivity contribution in [1.82, 2.24) is 0 Å². The van der Waals surface area contributed by atoms with Gasteiger partial charge in [0.25, 0.3) is 0 Å². The largest absolute Gasteiger partial charge is 0.462 e. The molecule has 0 aliphatic heterocycles. The van der Waals surface area contributed by atoms with Gasteiger partial charge in [0, 0.05) is 24.2 Å². The molecule has 0 aromatic rings. The number of Topliss-reactive ketones (excluding diaryl/α,β-unsaturated/α-hetero) is 1. The van der Waals surface area contributed by atoms with Gasteiger partial charge in [0.05, 0.1) is 0 Å². The molecule has 0 N–H and O–H groups in total. The van der Waals surface area contributed by atoms with Crippen LogP contribution in [0.5, 0.6) is 0 Å². The van der Waals surface area contributed by atoms with E-state index < -0.39 is 0 Å². The van der Waals surface area contributed by atoms with Crippen molar-refractivity contribution in [1.29, 1.82) is 0 Å². The van der Waals surface area contributed by atoms with Crippen molar-refractivity contribution in [3.8, 4) is 0 Å². The standard InChI is InChI=1S/C22H34O3/c1-13-15-11-16(25-14(2)23)18-21(5)9-6-8-20(3,4)17(21)7-10-22(18,12-15)19(13)24/h13,15-18H,6-12H2,1-5H3/t13-,15-,16+,17-,18+,21-,22-/m1/s1. The molecular weight excluding hydrogens is 312 g/mol. The Kier molecular flexibility index (Phi) is 3.74. The number of carbonyl (C=O) groups is 2. The second kappa shape index (κ2) is 5.33. The van der Waals surface area contributed by atoms with E-state index in [9.17, 15) is 9.59 Å². The average molecular weight is 347 g/mol. The lowest BCUT2D eigenvalue weighted by Crippen LogP contribution is -2.61. The minimum Gasteiger partial charge on any atom is -0.462 e. The summed E-state index contributed by atoms with van der Waals surface area (Å²) in [5.41, 5.74) is 0.214. The zero-order valence-corrected chi connectivity index (χ0v) is 16.6. The van der Waals surface area contributed by atoms with E-state index in [-0.39, 0.29) is 34.7 Å². The fourth-order valence-corrected chi connectivity index (χ4v) is 8.20. The van der Waals surface area contributed by atoms with Crippen LogP contribution in [-0.4, -0.2) is 17.9 Å². The van der Waals surface area contributed by atoms with Crippen LogP contribution < -0.4 is 0 Å². The van der Waals surface area contributed by atoms with Crippen LogP contribution in [0.15, 0.2) is 0 Å². The SMILES string of the molecule is CC(=O)O[C@H]1C[C@@H]2C[C@@]3(CC[C@@H]4C(C)(C)CCC[C@@]4(C)[C@H]13)C(=O)[C@@H]2C. The van der Waals surface area contributed by atoms with Gasteiger partial charge in [-0.2, -0.15) is 0 Å². The normalized spacial score (nSPS) is 50.8. The third-order valence-electron chi connectivity index (χ3n) is 8.92. The Morgan fingerprint density at radius 1 is 1.16 bits per heavy atom. The second-order valence-electron chi connectivity index (χ2n) is 10.6. The van der Waals surface area contributed by atoms with Crippen molar-refractivity contribution in [2.75, 3.05) is 0 Å². The lowest BCUT2D eigenvalue weighted by Gasteiger charge is -2.64. The molecule has 25 heavy (non-hydrogen) atoms. The smallest absolute Gasteiger partial charge is 0.302 e. The van der Waals surface area contributed by atoms with Gasteiger partial charge in [0.1, 0.15) is 11.9 Å². The number of rotatable bonds is 1. The van der Waals surface area contributed by atoms with Crippen LogP contribution in [0, 0.1) is 39.9 Å². The molecular formula is C22H34O3. The molecule has 0 heterocycles. The second-order valence-corrected chi connectivity index (χ2v) is 10.6. The Hall–Kier alpha value is -0.860. The summed E-state index contributed by atoms with van der Waals surface area (Å²) in [6.45, 7) is 10.9. The lowest BCUT2D eigenvalue weighted by molar-refractivity contribution is -0.200. The van der Waals surface area contributed by atoms with E-state index in [1.54, 1.807) is 0 Å². The van der Waals surface area contributed by atoms with Gasteiger partial charge in [-0.1, -0.05) is 34.1 Å². The summed E-state index contributed by atoms with van der Waals surface area (Å²) < 4.78 is 5.92. The Morgan fingerprint density at radius 2 is 1.88 bits per heavy atom. The molecule has 0 unspecified atom stereocenters. The monoisotopic (exact) mass is 346 g/mol. The van der Waals surface area contributed by atoms with Crippen molar-refractivity contribution in [2.24, 2.45) is 39.9 Å². The molecule has 1 spiro atoms. The average Bonchev–Trinajstić information content (AvgIpc) is 2.67. The van der Waals surface area contributed by atoms with E-state index in [1.165, 1.54) is 26.2 Å². The van der Waals surface area contributed by atoms with Crippen LogP contribution in [-0.2, 0) is 14.3 Å². The molecule has 4 rings (SSSR count). The molecule has 140 valence electrons. The first-order valence-corrected chi connectivity index (χ1v) is 10.3. The summed E-state index contributed by atoms with van der Waals surface area (Å²) in [5.74, 6) is 1.70. The molecule has 4 aliphatic rings.